The lowest BCUT2D eigenvalue weighted by Gasteiger charge is -2.26. The topological polar surface area (TPSA) is 52.7 Å². The summed E-state index contributed by atoms with van der Waals surface area (Å²) >= 11 is 0. The minimum absolute atomic E-state index is 0.0687. The highest BCUT2D eigenvalue weighted by Crippen LogP contribution is 2.23. The number of carbonyl (C=O) groups is 2. The van der Waals surface area contributed by atoms with Crippen LogP contribution >= 0.6 is 0 Å². The smallest absolute Gasteiger partial charge is 0.318 e. The molecule has 5 heteroatoms. The van der Waals surface area contributed by atoms with Gasteiger partial charge < -0.3 is 15.1 Å². The molecule has 2 aromatic carbocycles. The third-order valence-corrected chi connectivity index (χ3v) is 5.00. The molecule has 0 bridgehead atoms. The number of hydrogen-bond acceptors (Lipinski definition) is 2. The van der Waals surface area contributed by atoms with E-state index in [2.05, 4.69) is 24.4 Å². The molecule has 0 unspecified atom stereocenters. The van der Waals surface area contributed by atoms with Crippen LogP contribution in [0.5, 0.6) is 0 Å². The highest BCUT2D eigenvalue weighted by molar-refractivity contribution is 5.76. The van der Waals surface area contributed by atoms with E-state index in [0.717, 1.165) is 23.1 Å². The maximum absolute atomic E-state index is 13.0. The Kier molecular flexibility index (Phi) is 6.12. The maximum atomic E-state index is 13.0. The summed E-state index contributed by atoms with van der Waals surface area (Å²) in [4.78, 5) is 28.2. The van der Waals surface area contributed by atoms with Crippen molar-refractivity contribution in [3.63, 3.8) is 0 Å². The zero-order valence-corrected chi connectivity index (χ0v) is 16.0. The zero-order valence-electron chi connectivity index (χ0n) is 16.0. The summed E-state index contributed by atoms with van der Waals surface area (Å²) in [5.41, 5.74) is 3.28. The van der Waals surface area contributed by atoms with Crippen LogP contribution in [0.4, 0.5) is 4.79 Å². The van der Waals surface area contributed by atoms with Gasteiger partial charge in [0.05, 0.1) is 6.04 Å². The van der Waals surface area contributed by atoms with Crippen LogP contribution in [0.1, 0.15) is 36.1 Å². The number of amides is 3. The number of nitrogens with one attached hydrogen (secondary N) is 1. The summed E-state index contributed by atoms with van der Waals surface area (Å²) in [6, 6.07) is 18.0. The lowest BCUT2D eigenvalue weighted by Crippen LogP contribution is -2.44. The average molecular weight is 365 g/mol. The summed E-state index contributed by atoms with van der Waals surface area (Å²) in [5.74, 6) is 0.0687. The number of benzene rings is 2. The Morgan fingerprint density at radius 1 is 0.889 bits per heavy atom. The third kappa shape index (κ3) is 4.88. The second kappa shape index (κ2) is 8.71. The second-order valence-electron chi connectivity index (χ2n) is 7.05. The third-order valence-electron chi connectivity index (χ3n) is 5.00. The predicted molar refractivity (Wildman–Crippen MR) is 106 cm³/mol. The number of nitrogens with zero attached hydrogens (tertiary/aromatic N) is 2. The van der Waals surface area contributed by atoms with Crippen molar-refractivity contribution in [2.75, 3.05) is 26.2 Å². The standard InChI is InChI=1S/C22H27N3O2/c1-17-8-6-11-20(16-17)21(19-9-4-3-5-10-19)23-22(27)25-13-7-12-24(14-15-25)18(2)26/h3-6,8-11,16,21H,7,12-15H2,1-2H3,(H,23,27)/t21-/m0/s1. The van der Waals surface area contributed by atoms with Gasteiger partial charge >= 0.3 is 6.03 Å². The minimum Gasteiger partial charge on any atom is -0.341 e. The molecule has 1 atom stereocenters. The zero-order chi connectivity index (χ0) is 19.2. The monoisotopic (exact) mass is 365 g/mol. The van der Waals surface area contributed by atoms with Gasteiger partial charge in [-0.1, -0.05) is 60.2 Å². The first kappa shape index (κ1) is 19.0. The number of rotatable bonds is 3. The molecular weight excluding hydrogens is 338 g/mol. The molecule has 1 aliphatic heterocycles. The molecule has 1 aliphatic rings. The normalized spacial score (nSPS) is 15.8. The van der Waals surface area contributed by atoms with Crippen molar-refractivity contribution in [2.24, 2.45) is 0 Å². The lowest BCUT2D eigenvalue weighted by molar-refractivity contribution is -0.128. The fourth-order valence-corrected chi connectivity index (χ4v) is 3.50. The number of hydrogen-bond donors (Lipinski definition) is 1. The van der Waals surface area contributed by atoms with E-state index in [1.54, 1.807) is 6.92 Å². The van der Waals surface area contributed by atoms with Gasteiger partial charge in [0, 0.05) is 33.1 Å². The van der Waals surface area contributed by atoms with E-state index in [-0.39, 0.29) is 18.0 Å². The predicted octanol–water partition coefficient (Wildman–Crippen LogP) is 3.35. The summed E-state index contributed by atoms with van der Waals surface area (Å²) in [5, 5.41) is 3.20. The largest absolute Gasteiger partial charge is 0.341 e. The Hall–Kier alpha value is -2.82. The molecule has 27 heavy (non-hydrogen) atoms. The molecular formula is C22H27N3O2. The van der Waals surface area contributed by atoms with E-state index in [1.165, 1.54) is 0 Å². The van der Waals surface area contributed by atoms with Crippen LogP contribution in [-0.4, -0.2) is 47.9 Å². The molecule has 1 saturated heterocycles. The molecule has 1 heterocycles. The van der Waals surface area contributed by atoms with Crippen molar-refractivity contribution in [3.8, 4) is 0 Å². The molecule has 0 radical (unpaired) electrons. The number of urea groups is 1. The first-order valence-corrected chi connectivity index (χ1v) is 9.47. The first-order valence-electron chi connectivity index (χ1n) is 9.47. The lowest BCUT2D eigenvalue weighted by atomic mass is 9.97. The highest BCUT2D eigenvalue weighted by Gasteiger charge is 2.23. The van der Waals surface area contributed by atoms with Crippen molar-refractivity contribution < 1.29 is 9.59 Å². The van der Waals surface area contributed by atoms with Crippen LogP contribution in [0.25, 0.3) is 0 Å². The van der Waals surface area contributed by atoms with Crippen molar-refractivity contribution in [1.82, 2.24) is 15.1 Å². The van der Waals surface area contributed by atoms with Gasteiger partial charge in [0.2, 0.25) is 5.91 Å². The molecule has 0 spiro atoms. The summed E-state index contributed by atoms with van der Waals surface area (Å²) in [7, 11) is 0. The molecule has 2 aromatic rings. The number of carbonyl (C=O) groups excluding carboxylic acids is 2. The van der Waals surface area contributed by atoms with Crippen molar-refractivity contribution in [2.45, 2.75) is 26.3 Å². The Labute approximate surface area is 161 Å². The maximum Gasteiger partial charge on any atom is 0.318 e. The molecule has 5 nitrogen and oxygen atoms in total. The van der Waals surface area contributed by atoms with Gasteiger partial charge in [0.25, 0.3) is 0 Å². The van der Waals surface area contributed by atoms with E-state index >= 15 is 0 Å². The summed E-state index contributed by atoms with van der Waals surface area (Å²) in [6.45, 7) is 6.14. The van der Waals surface area contributed by atoms with Gasteiger partial charge in [-0.3, -0.25) is 4.79 Å². The van der Waals surface area contributed by atoms with Gasteiger partial charge in [-0.2, -0.15) is 0 Å². The quantitative estimate of drug-likeness (QED) is 0.907. The second-order valence-corrected chi connectivity index (χ2v) is 7.05. The van der Waals surface area contributed by atoms with E-state index in [9.17, 15) is 9.59 Å². The van der Waals surface area contributed by atoms with Crippen molar-refractivity contribution in [3.05, 3.63) is 71.3 Å². The molecule has 0 aromatic heterocycles. The number of aryl methyl sites for hydroxylation is 1. The fraction of sp³-hybridized carbons (Fsp3) is 0.364. The molecule has 3 amide bonds. The molecule has 3 rings (SSSR count). The van der Waals surface area contributed by atoms with E-state index in [4.69, 9.17) is 0 Å². The van der Waals surface area contributed by atoms with Crippen LogP contribution in [0.3, 0.4) is 0 Å². The molecule has 142 valence electrons. The van der Waals surface area contributed by atoms with Crippen molar-refractivity contribution in [1.29, 1.82) is 0 Å². The van der Waals surface area contributed by atoms with Crippen LogP contribution < -0.4 is 5.32 Å². The van der Waals surface area contributed by atoms with Crippen LogP contribution in [-0.2, 0) is 4.79 Å². The summed E-state index contributed by atoms with van der Waals surface area (Å²) < 4.78 is 0. The highest BCUT2D eigenvalue weighted by atomic mass is 16.2. The fourth-order valence-electron chi connectivity index (χ4n) is 3.50. The summed E-state index contributed by atoms with van der Waals surface area (Å²) in [6.07, 6.45) is 0.799. The van der Waals surface area contributed by atoms with Gasteiger partial charge in [-0.15, -0.1) is 0 Å². The van der Waals surface area contributed by atoms with Crippen molar-refractivity contribution >= 4 is 11.9 Å². The van der Waals surface area contributed by atoms with Crippen LogP contribution in [0.2, 0.25) is 0 Å². The Balaban J connectivity index is 1.78. The molecule has 0 aliphatic carbocycles. The van der Waals surface area contributed by atoms with E-state index in [1.807, 2.05) is 52.3 Å². The first-order chi connectivity index (χ1) is 13.0. The van der Waals surface area contributed by atoms with Crippen LogP contribution in [0.15, 0.2) is 54.6 Å². The van der Waals surface area contributed by atoms with Crippen LogP contribution in [0, 0.1) is 6.92 Å². The van der Waals surface area contributed by atoms with E-state index in [0.29, 0.717) is 26.2 Å². The SMILES string of the molecule is CC(=O)N1CCCN(C(=O)N[C@@H](c2ccccc2)c2cccc(C)c2)CC1. The van der Waals surface area contributed by atoms with Gasteiger partial charge in [0.1, 0.15) is 0 Å². The van der Waals surface area contributed by atoms with E-state index < -0.39 is 0 Å². The van der Waals surface area contributed by atoms with Gasteiger partial charge in [0.15, 0.2) is 0 Å². The average Bonchev–Trinajstić information content (AvgIpc) is 2.93. The minimum atomic E-state index is -0.203. The molecule has 1 fully saturated rings. The molecule has 1 N–H and O–H groups in total. The Bertz CT molecular complexity index is 791. The Morgan fingerprint density at radius 2 is 1.56 bits per heavy atom. The Morgan fingerprint density at radius 3 is 2.26 bits per heavy atom. The van der Waals surface area contributed by atoms with Gasteiger partial charge in [-0.25, -0.2) is 4.79 Å². The molecule has 0 saturated carbocycles. The van der Waals surface area contributed by atoms with Gasteiger partial charge in [-0.05, 0) is 24.5 Å².